The maximum Gasteiger partial charge on any atom is 0.0902 e. The normalized spacial score (nSPS) is 18.7. The van der Waals surface area contributed by atoms with Gasteiger partial charge in [0, 0.05) is 4.47 Å². The maximum atomic E-state index is 9.88. The van der Waals surface area contributed by atoms with Gasteiger partial charge in [-0.25, -0.2) is 0 Å². The van der Waals surface area contributed by atoms with Gasteiger partial charge in [-0.2, -0.15) is 0 Å². The lowest BCUT2D eigenvalue weighted by Gasteiger charge is -2.12. The summed E-state index contributed by atoms with van der Waals surface area (Å²) in [6.45, 7) is -0.0168. The topological polar surface area (TPSA) is 40.5 Å². The molecule has 70 valence electrons. The summed E-state index contributed by atoms with van der Waals surface area (Å²) in [7, 11) is 0. The average molecular weight is 243 g/mol. The lowest BCUT2D eigenvalue weighted by molar-refractivity contribution is 0.147. The van der Waals surface area contributed by atoms with Crippen LogP contribution in [0, 0.1) is 0 Å². The third-order valence-electron chi connectivity index (χ3n) is 2.46. The van der Waals surface area contributed by atoms with Gasteiger partial charge in [0.1, 0.15) is 0 Å². The summed E-state index contributed by atoms with van der Waals surface area (Å²) < 4.78 is 0.935. The Labute approximate surface area is 85.3 Å². The summed E-state index contributed by atoms with van der Waals surface area (Å²) in [5, 5.41) is 19.0. The molecule has 0 unspecified atom stereocenters. The Kier molecular flexibility index (Phi) is 2.18. The van der Waals surface area contributed by atoms with E-state index in [1.54, 1.807) is 0 Å². The Morgan fingerprint density at radius 1 is 1.38 bits per heavy atom. The molecule has 1 aliphatic carbocycles. The number of hydrogen-bond acceptors (Lipinski definition) is 2. The van der Waals surface area contributed by atoms with Crippen LogP contribution in [0.5, 0.6) is 0 Å². The Hall–Kier alpha value is -0.380. The van der Waals surface area contributed by atoms with Gasteiger partial charge in [-0.15, -0.1) is 0 Å². The largest absolute Gasteiger partial charge is 0.392 e. The Bertz CT molecular complexity index is 332. The minimum Gasteiger partial charge on any atom is -0.392 e. The van der Waals surface area contributed by atoms with Gasteiger partial charge in [0.05, 0.1) is 12.2 Å². The Morgan fingerprint density at radius 2 is 2.08 bits per heavy atom. The van der Waals surface area contributed by atoms with E-state index in [4.69, 9.17) is 5.11 Å². The van der Waals surface area contributed by atoms with Gasteiger partial charge >= 0.3 is 0 Å². The molecular weight excluding hydrogens is 232 g/mol. The minimum absolute atomic E-state index is 0.0168. The number of aliphatic hydroxyl groups excluding tert-OH is 1. The molecule has 1 aromatic rings. The molecule has 0 saturated heterocycles. The molecule has 0 aliphatic heterocycles. The van der Waals surface area contributed by atoms with Crippen LogP contribution in [0.2, 0.25) is 0 Å². The van der Waals surface area contributed by atoms with E-state index in [0.717, 1.165) is 28.4 Å². The van der Waals surface area contributed by atoms with Gasteiger partial charge in [-0.3, -0.25) is 0 Å². The first-order chi connectivity index (χ1) is 6.15. The van der Waals surface area contributed by atoms with Crippen molar-refractivity contribution in [3.8, 4) is 0 Å². The summed E-state index contributed by atoms with van der Waals surface area (Å²) in [4.78, 5) is 0. The monoisotopic (exact) mass is 242 g/mol. The molecule has 0 bridgehead atoms. The second kappa shape index (κ2) is 3.08. The molecule has 1 aromatic carbocycles. The molecule has 1 fully saturated rings. The van der Waals surface area contributed by atoms with E-state index in [-0.39, 0.29) is 6.61 Å². The summed E-state index contributed by atoms with van der Waals surface area (Å²) in [6, 6.07) is 5.62. The van der Waals surface area contributed by atoms with E-state index in [1.807, 2.05) is 18.2 Å². The number of halogens is 1. The zero-order chi connectivity index (χ0) is 9.47. The summed E-state index contributed by atoms with van der Waals surface area (Å²) in [6.07, 6.45) is 1.61. The molecule has 0 radical (unpaired) electrons. The summed E-state index contributed by atoms with van der Waals surface area (Å²) >= 11 is 3.33. The third-order valence-corrected chi connectivity index (χ3v) is 2.96. The molecule has 13 heavy (non-hydrogen) atoms. The van der Waals surface area contributed by atoms with Crippen molar-refractivity contribution in [1.82, 2.24) is 0 Å². The predicted octanol–water partition coefficient (Wildman–Crippen LogP) is 1.92. The molecule has 2 rings (SSSR count). The smallest absolute Gasteiger partial charge is 0.0902 e. The first-order valence-corrected chi connectivity index (χ1v) is 5.07. The lowest BCUT2D eigenvalue weighted by Crippen LogP contribution is -2.08. The van der Waals surface area contributed by atoms with Gasteiger partial charge in [-0.05, 0) is 36.1 Å². The van der Waals surface area contributed by atoms with Gasteiger partial charge in [0.15, 0.2) is 0 Å². The SMILES string of the molecule is OCc1cc(Br)ccc1C1(O)CC1. The third kappa shape index (κ3) is 1.64. The van der Waals surface area contributed by atoms with Crippen molar-refractivity contribution in [3.05, 3.63) is 33.8 Å². The highest BCUT2D eigenvalue weighted by molar-refractivity contribution is 9.10. The average Bonchev–Trinajstić information content (AvgIpc) is 2.84. The molecule has 2 nitrogen and oxygen atoms in total. The fraction of sp³-hybridized carbons (Fsp3) is 0.400. The van der Waals surface area contributed by atoms with Crippen LogP contribution in [0.3, 0.4) is 0 Å². The second-order valence-electron chi connectivity index (χ2n) is 3.49. The summed E-state index contributed by atoms with van der Waals surface area (Å²) in [5.41, 5.74) is 1.03. The molecule has 0 atom stereocenters. The van der Waals surface area contributed by atoms with E-state index in [2.05, 4.69) is 15.9 Å². The molecular formula is C10H11BrO2. The van der Waals surface area contributed by atoms with Crippen molar-refractivity contribution in [2.24, 2.45) is 0 Å². The van der Waals surface area contributed by atoms with Crippen molar-refractivity contribution in [1.29, 1.82) is 0 Å². The van der Waals surface area contributed by atoms with Crippen molar-refractivity contribution < 1.29 is 10.2 Å². The number of rotatable bonds is 2. The van der Waals surface area contributed by atoms with E-state index < -0.39 is 5.60 Å². The van der Waals surface area contributed by atoms with Gasteiger partial charge < -0.3 is 10.2 Å². The standard InChI is InChI=1S/C10H11BrO2/c11-8-1-2-9(7(5-8)6-12)10(13)3-4-10/h1-2,5,12-13H,3-4,6H2. The molecule has 0 aromatic heterocycles. The molecule has 0 spiro atoms. The van der Waals surface area contributed by atoms with Gasteiger partial charge in [-0.1, -0.05) is 22.0 Å². The van der Waals surface area contributed by atoms with Crippen LogP contribution in [0.4, 0.5) is 0 Å². The number of benzene rings is 1. The molecule has 0 amide bonds. The Morgan fingerprint density at radius 3 is 2.62 bits per heavy atom. The van der Waals surface area contributed by atoms with Crippen LogP contribution in [0.25, 0.3) is 0 Å². The van der Waals surface area contributed by atoms with Crippen LogP contribution >= 0.6 is 15.9 Å². The van der Waals surface area contributed by atoms with Crippen molar-refractivity contribution in [2.45, 2.75) is 25.0 Å². The van der Waals surface area contributed by atoms with Crippen molar-refractivity contribution in [2.75, 3.05) is 0 Å². The van der Waals surface area contributed by atoms with Crippen LogP contribution in [-0.4, -0.2) is 10.2 Å². The van der Waals surface area contributed by atoms with E-state index in [9.17, 15) is 5.11 Å². The molecule has 3 heteroatoms. The highest BCUT2D eigenvalue weighted by Gasteiger charge is 2.43. The maximum absolute atomic E-state index is 9.88. The van der Waals surface area contributed by atoms with Gasteiger partial charge in [0.2, 0.25) is 0 Å². The number of hydrogen-bond donors (Lipinski definition) is 2. The van der Waals surface area contributed by atoms with Crippen molar-refractivity contribution in [3.63, 3.8) is 0 Å². The van der Waals surface area contributed by atoms with Crippen LogP contribution < -0.4 is 0 Å². The van der Waals surface area contributed by atoms with Gasteiger partial charge in [0.25, 0.3) is 0 Å². The van der Waals surface area contributed by atoms with E-state index in [1.165, 1.54) is 0 Å². The summed E-state index contributed by atoms with van der Waals surface area (Å²) in [5.74, 6) is 0. The zero-order valence-corrected chi connectivity index (χ0v) is 8.71. The zero-order valence-electron chi connectivity index (χ0n) is 7.13. The van der Waals surface area contributed by atoms with Crippen LogP contribution in [0.1, 0.15) is 24.0 Å². The first-order valence-electron chi connectivity index (χ1n) is 4.28. The van der Waals surface area contributed by atoms with Crippen molar-refractivity contribution >= 4 is 15.9 Å². The van der Waals surface area contributed by atoms with Crippen LogP contribution in [0.15, 0.2) is 22.7 Å². The predicted molar refractivity (Wildman–Crippen MR) is 53.2 cm³/mol. The highest BCUT2D eigenvalue weighted by atomic mass is 79.9. The first kappa shape index (κ1) is 9.19. The van der Waals surface area contributed by atoms with E-state index >= 15 is 0 Å². The molecule has 0 heterocycles. The minimum atomic E-state index is -0.654. The lowest BCUT2D eigenvalue weighted by atomic mass is 10.0. The molecule has 2 N–H and O–H groups in total. The highest BCUT2D eigenvalue weighted by Crippen LogP contribution is 2.46. The van der Waals surface area contributed by atoms with E-state index in [0.29, 0.717) is 0 Å². The quantitative estimate of drug-likeness (QED) is 0.833. The fourth-order valence-electron chi connectivity index (χ4n) is 1.53. The van der Waals surface area contributed by atoms with Crippen LogP contribution in [-0.2, 0) is 12.2 Å². The Balaban J connectivity index is 2.45. The molecule has 1 aliphatic rings. The fourth-order valence-corrected chi connectivity index (χ4v) is 1.94. The number of aliphatic hydroxyl groups is 2. The second-order valence-corrected chi connectivity index (χ2v) is 4.41. The molecule has 1 saturated carbocycles.